The Morgan fingerprint density at radius 2 is 1.55 bits per heavy atom. The average molecular weight is 289 g/mol. The Morgan fingerprint density at radius 3 is 1.95 bits per heavy atom. The molecule has 0 aliphatic rings. The molecule has 0 aromatic carbocycles. The first-order valence-corrected chi connectivity index (χ1v) is 7.06. The van der Waals surface area contributed by atoms with Crippen LogP contribution in [0.2, 0.25) is 0 Å². The predicted octanol–water partition coefficient (Wildman–Crippen LogP) is 2.86. The highest BCUT2D eigenvalue weighted by Crippen LogP contribution is 2.21. The van der Waals surface area contributed by atoms with E-state index in [2.05, 4.69) is 15.3 Å². The lowest BCUT2D eigenvalue weighted by molar-refractivity contribution is -0.128. The Balaban J connectivity index is 3.04. The van der Waals surface area contributed by atoms with Crippen molar-refractivity contribution in [2.75, 3.05) is 13.1 Å². The molecule has 0 unspecified atom stereocenters. The number of nitrogens with one attached hydrogen (secondary N) is 1. The Bertz CT molecular complexity index is 405. The minimum Gasteiger partial charge on any atom is -0.317 e. The van der Waals surface area contributed by atoms with Crippen molar-refractivity contribution in [1.29, 1.82) is 0 Å². The Labute approximate surface area is 118 Å². The van der Waals surface area contributed by atoms with Crippen molar-refractivity contribution < 1.29 is 13.2 Å². The first kappa shape index (κ1) is 16.9. The van der Waals surface area contributed by atoms with E-state index in [1.54, 1.807) is 0 Å². The van der Waals surface area contributed by atoms with Crippen LogP contribution in [0, 0.1) is 0 Å². The molecule has 1 rings (SSSR count). The molecule has 0 aliphatic heterocycles. The van der Waals surface area contributed by atoms with Gasteiger partial charge in [0, 0.05) is 11.4 Å². The van der Waals surface area contributed by atoms with Gasteiger partial charge in [-0.25, -0.2) is 9.97 Å². The van der Waals surface area contributed by atoms with Crippen molar-refractivity contribution in [2.45, 2.75) is 52.6 Å². The third kappa shape index (κ3) is 5.07. The molecule has 0 spiro atoms. The number of hydrogen-bond donors (Lipinski definition) is 1. The van der Waals surface area contributed by atoms with E-state index in [9.17, 15) is 13.2 Å². The topological polar surface area (TPSA) is 37.8 Å². The Hall–Kier alpha value is -1.17. The van der Waals surface area contributed by atoms with Crippen LogP contribution >= 0.6 is 0 Å². The van der Waals surface area contributed by atoms with Crippen LogP contribution in [0.3, 0.4) is 0 Å². The van der Waals surface area contributed by atoms with Gasteiger partial charge in [-0.3, -0.25) is 0 Å². The molecule has 1 aromatic rings. The highest BCUT2D eigenvalue weighted by atomic mass is 19.4. The monoisotopic (exact) mass is 289 g/mol. The molecule has 20 heavy (non-hydrogen) atoms. The van der Waals surface area contributed by atoms with Gasteiger partial charge in [0.15, 0.2) is 0 Å². The summed E-state index contributed by atoms with van der Waals surface area (Å²) in [7, 11) is 0. The van der Waals surface area contributed by atoms with Crippen molar-refractivity contribution >= 4 is 0 Å². The molecule has 114 valence electrons. The zero-order valence-corrected chi connectivity index (χ0v) is 12.3. The van der Waals surface area contributed by atoms with Crippen molar-refractivity contribution in [3.8, 4) is 0 Å². The number of nitrogens with zero attached hydrogens (tertiary/aromatic N) is 2. The second-order valence-electron chi connectivity index (χ2n) is 4.61. The third-order valence-corrected chi connectivity index (χ3v) is 3.05. The number of rotatable bonds is 7. The molecule has 1 heterocycles. The second-order valence-corrected chi connectivity index (χ2v) is 4.61. The zero-order chi connectivity index (χ0) is 15.2. The number of halogens is 3. The van der Waals surface area contributed by atoms with Gasteiger partial charge >= 0.3 is 6.18 Å². The molecule has 1 N–H and O–H groups in total. The van der Waals surface area contributed by atoms with Crippen LogP contribution in [-0.4, -0.2) is 29.2 Å². The maximum absolute atomic E-state index is 12.5. The Kier molecular flexibility index (Phi) is 6.39. The smallest absolute Gasteiger partial charge is 0.317 e. The van der Waals surface area contributed by atoms with Crippen LogP contribution in [0.15, 0.2) is 0 Å². The van der Waals surface area contributed by atoms with Crippen LogP contribution in [0.25, 0.3) is 0 Å². The fourth-order valence-corrected chi connectivity index (χ4v) is 2.16. The molecule has 0 aliphatic carbocycles. The molecular weight excluding hydrogens is 267 g/mol. The highest BCUT2D eigenvalue weighted by Gasteiger charge is 2.30. The summed E-state index contributed by atoms with van der Waals surface area (Å²) < 4.78 is 37.4. The van der Waals surface area contributed by atoms with E-state index in [1.165, 1.54) is 0 Å². The maximum Gasteiger partial charge on any atom is 0.396 e. The van der Waals surface area contributed by atoms with Crippen LogP contribution in [0.5, 0.6) is 0 Å². The lowest BCUT2D eigenvalue weighted by Crippen LogP contribution is -2.21. The summed E-state index contributed by atoms with van der Waals surface area (Å²) >= 11 is 0. The lowest BCUT2D eigenvalue weighted by Gasteiger charge is -2.15. The van der Waals surface area contributed by atoms with E-state index in [1.807, 2.05) is 20.8 Å². The van der Waals surface area contributed by atoms with Crippen LogP contribution in [0.4, 0.5) is 13.2 Å². The highest BCUT2D eigenvalue weighted by molar-refractivity contribution is 5.27. The van der Waals surface area contributed by atoms with Gasteiger partial charge in [0.2, 0.25) is 0 Å². The van der Waals surface area contributed by atoms with Crippen molar-refractivity contribution in [3.05, 3.63) is 22.8 Å². The molecule has 0 bridgehead atoms. The summed E-state index contributed by atoms with van der Waals surface area (Å²) in [5.74, 6) is -0.113. The van der Waals surface area contributed by atoms with Gasteiger partial charge in [0.1, 0.15) is 12.2 Å². The van der Waals surface area contributed by atoms with Crippen LogP contribution in [-0.2, 0) is 25.7 Å². The van der Waals surface area contributed by atoms with Gasteiger partial charge in [-0.1, -0.05) is 20.8 Å². The number of likely N-dealkylation sites (N-methyl/N-ethyl adjacent to an activating group) is 1. The van der Waals surface area contributed by atoms with E-state index in [0.29, 0.717) is 12.8 Å². The minimum atomic E-state index is -4.26. The number of hydrogen-bond acceptors (Lipinski definition) is 3. The summed E-state index contributed by atoms with van der Waals surface area (Å²) in [5, 5.41) is 3.22. The van der Waals surface area contributed by atoms with E-state index in [0.717, 1.165) is 36.5 Å². The van der Waals surface area contributed by atoms with Gasteiger partial charge in [0.05, 0.1) is 0 Å². The van der Waals surface area contributed by atoms with Gasteiger partial charge in [-0.2, -0.15) is 13.2 Å². The molecule has 0 radical (unpaired) electrons. The number of alkyl halides is 3. The van der Waals surface area contributed by atoms with Crippen LogP contribution in [0.1, 0.15) is 43.5 Å². The fraction of sp³-hybridized carbons (Fsp3) is 0.714. The molecule has 3 nitrogen and oxygen atoms in total. The number of aromatic nitrogens is 2. The summed E-state index contributed by atoms with van der Waals surface area (Å²) in [6.45, 7) is 7.50. The van der Waals surface area contributed by atoms with E-state index < -0.39 is 12.6 Å². The maximum atomic E-state index is 12.5. The second kappa shape index (κ2) is 7.57. The van der Waals surface area contributed by atoms with Crippen molar-refractivity contribution in [1.82, 2.24) is 15.3 Å². The lowest BCUT2D eigenvalue weighted by atomic mass is 10.0. The summed E-state index contributed by atoms with van der Waals surface area (Å²) in [6.07, 6.45) is -3.31. The molecule has 0 amide bonds. The molecular formula is C14H22F3N3. The van der Waals surface area contributed by atoms with Gasteiger partial charge in [-0.05, 0) is 37.9 Å². The number of aryl methyl sites for hydroxylation is 2. The molecule has 0 fully saturated rings. The molecule has 0 atom stereocenters. The normalized spacial score (nSPS) is 11.9. The first-order valence-electron chi connectivity index (χ1n) is 7.06. The van der Waals surface area contributed by atoms with Gasteiger partial charge in [-0.15, -0.1) is 0 Å². The minimum absolute atomic E-state index is 0.113. The van der Waals surface area contributed by atoms with E-state index in [4.69, 9.17) is 0 Å². The van der Waals surface area contributed by atoms with Crippen LogP contribution < -0.4 is 5.32 Å². The van der Waals surface area contributed by atoms with Gasteiger partial charge in [0.25, 0.3) is 0 Å². The van der Waals surface area contributed by atoms with E-state index in [-0.39, 0.29) is 5.82 Å². The molecule has 1 aromatic heterocycles. The summed E-state index contributed by atoms with van der Waals surface area (Å²) in [4.78, 5) is 8.21. The first-order chi connectivity index (χ1) is 9.41. The predicted molar refractivity (Wildman–Crippen MR) is 72.8 cm³/mol. The summed E-state index contributed by atoms with van der Waals surface area (Å²) in [5.41, 5.74) is 2.49. The van der Waals surface area contributed by atoms with Gasteiger partial charge < -0.3 is 5.32 Å². The standard InChI is InChI=1S/C14H22F3N3/c1-4-11-10(7-8-18-6-3)12(5-2)20-13(19-11)9-14(15,16)17/h18H,4-9H2,1-3H3. The molecule has 0 saturated carbocycles. The largest absolute Gasteiger partial charge is 0.396 e. The Morgan fingerprint density at radius 1 is 1.00 bits per heavy atom. The quantitative estimate of drug-likeness (QED) is 0.784. The van der Waals surface area contributed by atoms with Crippen molar-refractivity contribution in [2.24, 2.45) is 0 Å². The third-order valence-electron chi connectivity index (χ3n) is 3.05. The molecule has 0 saturated heterocycles. The van der Waals surface area contributed by atoms with Crippen molar-refractivity contribution in [3.63, 3.8) is 0 Å². The van der Waals surface area contributed by atoms with E-state index >= 15 is 0 Å². The fourth-order valence-electron chi connectivity index (χ4n) is 2.16. The average Bonchev–Trinajstić information content (AvgIpc) is 2.37. The molecule has 6 heteroatoms. The summed E-state index contributed by atoms with van der Waals surface area (Å²) in [6, 6.07) is 0. The SMILES string of the molecule is CCNCCc1c(CC)nc(CC(F)(F)F)nc1CC. The zero-order valence-electron chi connectivity index (χ0n) is 12.3.